The Morgan fingerprint density at radius 1 is 1.14 bits per heavy atom. The first-order valence-corrected chi connectivity index (χ1v) is 9.57. The van der Waals surface area contributed by atoms with Crippen LogP contribution in [-0.4, -0.2) is 32.4 Å². The first kappa shape index (κ1) is 18.1. The van der Waals surface area contributed by atoms with Crippen molar-refractivity contribution in [1.82, 2.24) is 0 Å². The molecule has 0 fully saturated rings. The Bertz CT molecular complexity index is 1040. The van der Waals surface area contributed by atoms with E-state index in [1.165, 1.54) is 0 Å². The molecule has 0 aliphatic carbocycles. The van der Waals surface area contributed by atoms with Gasteiger partial charge in [0.05, 0.1) is 26.4 Å². The molecule has 0 saturated heterocycles. The van der Waals surface area contributed by atoms with Crippen LogP contribution in [0.2, 0.25) is 0 Å². The summed E-state index contributed by atoms with van der Waals surface area (Å²) < 4.78 is 29.0. The number of benzene rings is 2. The number of fused-ring (bicyclic) bond motifs is 6. The molecule has 3 atom stereocenters. The van der Waals surface area contributed by atoms with Gasteiger partial charge in [0.1, 0.15) is 23.5 Å². The fourth-order valence-corrected chi connectivity index (χ4v) is 4.31. The quantitative estimate of drug-likeness (QED) is 0.738. The van der Waals surface area contributed by atoms with Crippen LogP contribution in [-0.2, 0) is 17.8 Å². The average Bonchev–Trinajstić information content (AvgIpc) is 3.17. The van der Waals surface area contributed by atoms with Crippen molar-refractivity contribution in [2.75, 3.05) is 14.2 Å². The highest BCUT2D eigenvalue weighted by Gasteiger charge is 2.45. The molecule has 6 nitrogen and oxygen atoms in total. The normalized spacial score (nSPS) is 23.7. The molecule has 150 valence electrons. The molecule has 3 aliphatic rings. The zero-order chi connectivity index (χ0) is 20.3. The first-order chi connectivity index (χ1) is 14.0. The second kappa shape index (κ2) is 6.52. The maximum atomic E-state index is 13.5. The number of ketones is 1. The van der Waals surface area contributed by atoms with Crippen molar-refractivity contribution >= 4 is 5.78 Å². The summed E-state index contributed by atoms with van der Waals surface area (Å²) in [7, 11) is 3.17. The van der Waals surface area contributed by atoms with E-state index < -0.39 is 12.2 Å². The Balaban J connectivity index is 1.58. The Hall–Kier alpha value is -2.99. The predicted octanol–water partition coefficient (Wildman–Crippen LogP) is 3.80. The van der Waals surface area contributed by atoms with Gasteiger partial charge in [0.25, 0.3) is 0 Å². The summed E-state index contributed by atoms with van der Waals surface area (Å²) in [4.78, 5) is 13.5. The molecule has 0 unspecified atom stereocenters. The Morgan fingerprint density at radius 2 is 1.90 bits per heavy atom. The summed E-state index contributed by atoms with van der Waals surface area (Å²) in [6, 6.07) is 7.34. The molecule has 29 heavy (non-hydrogen) atoms. The van der Waals surface area contributed by atoms with Crippen molar-refractivity contribution in [3.63, 3.8) is 0 Å². The number of carbonyl (C=O) groups is 1. The van der Waals surface area contributed by atoms with Gasteiger partial charge in [-0.1, -0.05) is 6.58 Å². The highest BCUT2D eigenvalue weighted by molar-refractivity contribution is 6.05. The summed E-state index contributed by atoms with van der Waals surface area (Å²) in [5, 5.41) is 0. The molecule has 5 rings (SSSR count). The van der Waals surface area contributed by atoms with Crippen LogP contribution >= 0.6 is 0 Å². The molecule has 0 aromatic heterocycles. The Labute approximate surface area is 169 Å². The largest absolute Gasteiger partial charge is 0.493 e. The zero-order valence-electron chi connectivity index (χ0n) is 16.6. The van der Waals surface area contributed by atoms with Gasteiger partial charge in [0.2, 0.25) is 6.29 Å². The second-order valence-corrected chi connectivity index (χ2v) is 7.62. The topological polar surface area (TPSA) is 63.2 Å². The van der Waals surface area contributed by atoms with Crippen molar-refractivity contribution in [2.45, 2.75) is 38.3 Å². The van der Waals surface area contributed by atoms with Crippen LogP contribution in [0.15, 0.2) is 36.4 Å². The van der Waals surface area contributed by atoms with Crippen LogP contribution in [0.25, 0.3) is 0 Å². The van der Waals surface area contributed by atoms with Gasteiger partial charge >= 0.3 is 0 Å². The number of hydrogen-bond acceptors (Lipinski definition) is 6. The second-order valence-electron chi connectivity index (χ2n) is 7.62. The maximum Gasteiger partial charge on any atom is 0.214 e. The summed E-state index contributed by atoms with van der Waals surface area (Å²) in [5.41, 5.74) is 4.16. The summed E-state index contributed by atoms with van der Waals surface area (Å²) >= 11 is 0. The third-order valence-electron chi connectivity index (χ3n) is 5.86. The molecule has 3 aliphatic heterocycles. The molecule has 0 bridgehead atoms. The van der Waals surface area contributed by atoms with E-state index in [1.54, 1.807) is 20.3 Å². The van der Waals surface area contributed by atoms with Crippen LogP contribution in [0.3, 0.4) is 0 Å². The average molecular weight is 394 g/mol. The summed E-state index contributed by atoms with van der Waals surface area (Å²) in [5.74, 6) is 1.93. The van der Waals surface area contributed by atoms with Gasteiger partial charge in [-0.3, -0.25) is 4.79 Å². The number of methoxy groups -OCH3 is 2. The number of rotatable bonds is 3. The lowest BCUT2D eigenvalue weighted by Crippen LogP contribution is -2.41. The number of carbonyl (C=O) groups excluding carboxylic acids is 1. The molecule has 2 aromatic carbocycles. The van der Waals surface area contributed by atoms with Crippen LogP contribution < -0.4 is 18.9 Å². The van der Waals surface area contributed by atoms with Crippen molar-refractivity contribution in [2.24, 2.45) is 0 Å². The predicted molar refractivity (Wildman–Crippen MR) is 105 cm³/mol. The van der Waals surface area contributed by atoms with Gasteiger partial charge < -0.3 is 23.7 Å². The molecule has 0 N–H and O–H groups in total. The number of hydrogen-bond donors (Lipinski definition) is 0. The number of Topliss-reactive ketones (excluding diaryl/α,β-unsaturated/α-hetero) is 1. The molecule has 0 radical (unpaired) electrons. The third kappa shape index (κ3) is 2.63. The minimum Gasteiger partial charge on any atom is -0.493 e. The highest BCUT2D eigenvalue weighted by Crippen LogP contribution is 2.48. The molecule has 6 heteroatoms. The van der Waals surface area contributed by atoms with Gasteiger partial charge in [0, 0.05) is 12.0 Å². The maximum absolute atomic E-state index is 13.5. The summed E-state index contributed by atoms with van der Waals surface area (Å²) in [6.07, 6.45) is -0.145. The van der Waals surface area contributed by atoms with E-state index in [0.29, 0.717) is 35.8 Å². The molecule has 0 spiro atoms. The molecular weight excluding hydrogens is 372 g/mol. The van der Waals surface area contributed by atoms with E-state index >= 15 is 0 Å². The number of ether oxygens (including phenoxy) is 5. The van der Waals surface area contributed by atoms with E-state index in [4.69, 9.17) is 23.7 Å². The smallest absolute Gasteiger partial charge is 0.214 e. The van der Waals surface area contributed by atoms with Gasteiger partial charge in [-0.05, 0) is 47.9 Å². The Morgan fingerprint density at radius 3 is 2.62 bits per heavy atom. The first-order valence-electron chi connectivity index (χ1n) is 9.57. The minimum atomic E-state index is -0.684. The van der Waals surface area contributed by atoms with Gasteiger partial charge in [-0.2, -0.15) is 0 Å². The van der Waals surface area contributed by atoms with E-state index in [2.05, 4.69) is 6.58 Å². The molecule has 2 aromatic rings. The molecule has 3 heterocycles. The van der Waals surface area contributed by atoms with Crippen LogP contribution in [0.5, 0.6) is 23.0 Å². The standard InChI is InChI=1S/C23H22O6/c1-11(2)17-9-15-16(28-17)6-5-13-21(24)20-14-8-19(26-4)18(25-3)7-12(14)10-27-23(20)29-22(13)15/h5-8,17,20,23H,1,9-10H2,2-4H3/t17-,20-,23+/m1/s1. The van der Waals surface area contributed by atoms with E-state index in [0.717, 1.165) is 28.0 Å². The third-order valence-corrected chi connectivity index (χ3v) is 5.86. The van der Waals surface area contributed by atoms with E-state index in [-0.39, 0.29) is 11.9 Å². The van der Waals surface area contributed by atoms with Crippen molar-refractivity contribution in [3.05, 3.63) is 58.7 Å². The van der Waals surface area contributed by atoms with Crippen molar-refractivity contribution in [1.29, 1.82) is 0 Å². The monoisotopic (exact) mass is 394 g/mol. The van der Waals surface area contributed by atoms with Crippen molar-refractivity contribution < 1.29 is 28.5 Å². The van der Waals surface area contributed by atoms with Gasteiger partial charge in [0.15, 0.2) is 17.3 Å². The lowest BCUT2D eigenvalue weighted by atomic mass is 9.82. The summed E-state index contributed by atoms with van der Waals surface area (Å²) in [6.45, 7) is 6.26. The van der Waals surface area contributed by atoms with E-state index in [9.17, 15) is 4.79 Å². The highest BCUT2D eigenvalue weighted by atomic mass is 16.7. The van der Waals surface area contributed by atoms with Crippen LogP contribution in [0, 0.1) is 0 Å². The lowest BCUT2D eigenvalue weighted by Gasteiger charge is -2.37. The zero-order valence-corrected chi connectivity index (χ0v) is 16.6. The SMILES string of the molecule is C=C(C)[C@H]1Cc2c(ccc3c2O[C@@H]2OCc4cc(OC)c(OC)cc4[C@@H]2C3=O)O1. The van der Waals surface area contributed by atoms with Gasteiger partial charge in [-0.25, -0.2) is 0 Å². The molecular formula is C23H22O6. The minimum absolute atomic E-state index is 0.0222. The van der Waals surface area contributed by atoms with Gasteiger partial charge in [-0.15, -0.1) is 0 Å². The van der Waals surface area contributed by atoms with Crippen LogP contribution in [0.1, 0.15) is 39.9 Å². The fraction of sp³-hybridized carbons (Fsp3) is 0.348. The van der Waals surface area contributed by atoms with E-state index in [1.807, 2.05) is 25.1 Å². The fourth-order valence-electron chi connectivity index (χ4n) is 4.31. The molecule has 0 amide bonds. The van der Waals surface area contributed by atoms with Crippen LogP contribution in [0.4, 0.5) is 0 Å². The lowest BCUT2D eigenvalue weighted by molar-refractivity contribution is -0.112. The van der Waals surface area contributed by atoms with Crippen molar-refractivity contribution in [3.8, 4) is 23.0 Å². The Kier molecular flexibility index (Phi) is 4.06. The molecule has 0 saturated carbocycles.